The van der Waals surface area contributed by atoms with Gasteiger partial charge in [0.1, 0.15) is 17.7 Å². The van der Waals surface area contributed by atoms with Gasteiger partial charge in [-0.3, -0.25) is 0 Å². The molecule has 2 rings (SSSR count). The third kappa shape index (κ3) is 2.44. The third-order valence-corrected chi connectivity index (χ3v) is 3.49. The van der Waals surface area contributed by atoms with E-state index < -0.39 is 17.7 Å². The van der Waals surface area contributed by atoms with Gasteiger partial charge in [0.25, 0.3) is 0 Å². The van der Waals surface area contributed by atoms with Gasteiger partial charge in [0, 0.05) is 10.0 Å². The van der Waals surface area contributed by atoms with Crippen molar-refractivity contribution in [3.05, 3.63) is 69.2 Å². The summed E-state index contributed by atoms with van der Waals surface area (Å²) in [6.45, 7) is 1.48. The zero-order chi connectivity index (χ0) is 13.3. The Kier molecular flexibility index (Phi) is 3.78. The van der Waals surface area contributed by atoms with E-state index in [0.29, 0.717) is 10.0 Å². The summed E-state index contributed by atoms with van der Waals surface area (Å²) in [6, 6.07) is 9.03. The summed E-state index contributed by atoms with van der Waals surface area (Å²) in [7, 11) is 0. The number of rotatable bonds is 2. The fourth-order valence-corrected chi connectivity index (χ4v) is 2.24. The summed E-state index contributed by atoms with van der Waals surface area (Å²) < 4.78 is 27.9. The second-order valence-corrected chi connectivity index (χ2v) is 4.90. The summed E-state index contributed by atoms with van der Waals surface area (Å²) in [5.74, 6) is -1.14. The van der Waals surface area contributed by atoms with E-state index in [0.717, 1.165) is 12.1 Å². The molecule has 0 spiro atoms. The molecule has 1 atom stereocenters. The first-order valence-corrected chi connectivity index (χ1v) is 6.18. The molecule has 0 fully saturated rings. The molecule has 0 aliphatic rings. The number of aryl methyl sites for hydroxylation is 1. The highest BCUT2D eigenvalue weighted by Crippen LogP contribution is 2.30. The molecule has 2 aromatic rings. The van der Waals surface area contributed by atoms with Crippen LogP contribution in [0.5, 0.6) is 0 Å². The van der Waals surface area contributed by atoms with Crippen LogP contribution in [0.15, 0.2) is 40.9 Å². The molecule has 1 unspecified atom stereocenters. The van der Waals surface area contributed by atoms with E-state index in [-0.39, 0.29) is 11.1 Å². The lowest BCUT2D eigenvalue weighted by molar-refractivity contribution is 0.213. The molecule has 0 radical (unpaired) electrons. The zero-order valence-corrected chi connectivity index (χ0v) is 11.2. The number of aliphatic hydroxyl groups is 1. The Morgan fingerprint density at radius 2 is 1.72 bits per heavy atom. The van der Waals surface area contributed by atoms with Crippen molar-refractivity contribution in [3.63, 3.8) is 0 Å². The van der Waals surface area contributed by atoms with E-state index in [2.05, 4.69) is 15.9 Å². The molecule has 0 saturated carbocycles. The first-order chi connectivity index (χ1) is 8.50. The van der Waals surface area contributed by atoms with Crippen LogP contribution in [0.1, 0.15) is 22.8 Å². The van der Waals surface area contributed by atoms with E-state index >= 15 is 0 Å². The van der Waals surface area contributed by atoms with Crippen LogP contribution in [0, 0.1) is 18.6 Å². The Morgan fingerprint density at radius 1 is 1.06 bits per heavy atom. The van der Waals surface area contributed by atoms with Crippen molar-refractivity contribution in [2.45, 2.75) is 13.0 Å². The Balaban J connectivity index is 2.50. The van der Waals surface area contributed by atoms with E-state index in [1.807, 2.05) is 0 Å². The Hall–Kier alpha value is -1.26. The summed E-state index contributed by atoms with van der Waals surface area (Å²) in [4.78, 5) is 0. The topological polar surface area (TPSA) is 20.2 Å². The SMILES string of the molecule is Cc1cc(F)c(C(O)c2ccccc2Br)cc1F. The molecular weight excluding hydrogens is 302 g/mol. The van der Waals surface area contributed by atoms with Crippen molar-refractivity contribution in [2.75, 3.05) is 0 Å². The van der Waals surface area contributed by atoms with Gasteiger partial charge in [-0.2, -0.15) is 0 Å². The molecule has 0 amide bonds. The molecule has 0 bridgehead atoms. The predicted octanol–water partition coefficient (Wildman–Crippen LogP) is 4.12. The average molecular weight is 313 g/mol. The number of hydrogen-bond acceptors (Lipinski definition) is 1. The zero-order valence-electron chi connectivity index (χ0n) is 9.62. The Labute approximate surface area is 112 Å². The van der Waals surface area contributed by atoms with Gasteiger partial charge >= 0.3 is 0 Å². The smallest absolute Gasteiger partial charge is 0.129 e. The van der Waals surface area contributed by atoms with Crippen molar-refractivity contribution in [3.8, 4) is 0 Å². The fourth-order valence-electron chi connectivity index (χ4n) is 1.74. The first kappa shape index (κ1) is 13.2. The molecule has 4 heteroatoms. The second kappa shape index (κ2) is 5.16. The van der Waals surface area contributed by atoms with Gasteiger partial charge in [-0.1, -0.05) is 34.1 Å². The maximum Gasteiger partial charge on any atom is 0.129 e. The van der Waals surface area contributed by atoms with Gasteiger partial charge < -0.3 is 5.11 Å². The molecule has 2 aromatic carbocycles. The maximum atomic E-state index is 13.8. The molecule has 0 aromatic heterocycles. The Bertz CT molecular complexity index is 584. The summed E-state index contributed by atoms with van der Waals surface area (Å²) in [5.41, 5.74) is 0.653. The quantitative estimate of drug-likeness (QED) is 0.884. The number of benzene rings is 2. The van der Waals surface area contributed by atoms with Crippen molar-refractivity contribution in [2.24, 2.45) is 0 Å². The van der Waals surface area contributed by atoms with E-state index in [4.69, 9.17) is 0 Å². The van der Waals surface area contributed by atoms with Crippen LogP contribution in [-0.4, -0.2) is 5.11 Å². The van der Waals surface area contributed by atoms with Crippen LogP contribution in [0.4, 0.5) is 8.78 Å². The van der Waals surface area contributed by atoms with E-state index in [9.17, 15) is 13.9 Å². The molecule has 18 heavy (non-hydrogen) atoms. The van der Waals surface area contributed by atoms with Gasteiger partial charge in [0.15, 0.2) is 0 Å². The highest BCUT2D eigenvalue weighted by atomic mass is 79.9. The highest BCUT2D eigenvalue weighted by Gasteiger charge is 2.18. The highest BCUT2D eigenvalue weighted by molar-refractivity contribution is 9.10. The van der Waals surface area contributed by atoms with Crippen molar-refractivity contribution >= 4 is 15.9 Å². The molecule has 0 saturated heterocycles. The van der Waals surface area contributed by atoms with Crippen LogP contribution in [0.3, 0.4) is 0 Å². The van der Waals surface area contributed by atoms with Crippen molar-refractivity contribution in [1.82, 2.24) is 0 Å². The van der Waals surface area contributed by atoms with Gasteiger partial charge in [-0.25, -0.2) is 8.78 Å². The van der Waals surface area contributed by atoms with Crippen LogP contribution in [0.25, 0.3) is 0 Å². The van der Waals surface area contributed by atoms with Crippen molar-refractivity contribution in [1.29, 1.82) is 0 Å². The molecule has 1 nitrogen and oxygen atoms in total. The largest absolute Gasteiger partial charge is 0.384 e. The minimum Gasteiger partial charge on any atom is -0.384 e. The van der Waals surface area contributed by atoms with Crippen molar-refractivity contribution < 1.29 is 13.9 Å². The van der Waals surface area contributed by atoms with Crippen LogP contribution in [-0.2, 0) is 0 Å². The number of aliphatic hydroxyl groups excluding tert-OH is 1. The Morgan fingerprint density at radius 3 is 2.39 bits per heavy atom. The second-order valence-electron chi connectivity index (χ2n) is 4.05. The van der Waals surface area contributed by atoms with Crippen LogP contribution < -0.4 is 0 Å². The van der Waals surface area contributed by atoms with Gasteiger partial charge in [0.05, 0.1) is 0 Å². The predicted molar refractivity (Wildman–Crippen MR) is 69.3 cm³/mol. The van der Waals surface area contributed by atoms with Crippen LogP contribution in [0.2, 0.25) is 0 Å². The van der Waals surface area contributed by atoms with Gasteiger partial charge in [-0.05, 0) is 36.2 Å². The minimum absolute atomic E-state index is 0.0648. The molecule has 1 N–H and O–H groups in total. The summed E-state index contributed by atoms with van der Waals surface area (Å²) >= 11 is 3.28. The normalized spacial score (nSPS) is 12.5. The van der Waals surface area contributed by atoms with Crippen LogP contribution >= 0.6 is 15.9 Å². The lowest BCUT2D eigenvalue weighted by Crippen LogP contribution is -2.05. The third-order valence-electron chi connectivity index (χ3n) is 2.77. The maximum absolute atomic E-state index is 13.8. The molecule has 0 aliphatic heterocycles. The molecular formula is C14H11BrF2O. The first-order valence-electron chi connectivity index (χ1n) is 5.38. The summed E-state index contributed by atoms with van der Waals surface area (Å²) in [5, 5.41) is 10.1. The fraction of sp³-hybridized carbons (Fsp3) is 0.143. The summed E-state index contributed by atoms with van der Waals surface area (Å²) in [6.07, 6.45) is -1.20. The standard InChI is InChI=1S/C14H11BrF2O/c1-8-6-13(17)10(7-12(8)16)14(18)9-4-2-3-5-11(9)15/h2-7,14,18H,1H3. The monoisotopic (exact) mass is 312 g/mol. The minimum atomic E-state index is -1.20. The number of hydrogen-bond donors (Lipinski definition) is 1. The molecule has 0 heterocycles. The average Bonchev–Trinajstić information content (AvgIpc) is 2.33. The van der Waals surface area contributed by atoms with E-state index in [1.54, 1.807) is 24.3 Å². The molecule has 94 valence electrons. The number of halogens is 3. The van der Waals surface area contributed by atoms with E-state index in [1.165, 1.54) is 6.92 Å². The molecule has 0 aliphatic carbocycles. The van der Waals surface area contributed by atoms with Gasteiger partial charge in [-0.15, -0.1) is 0 Å². The van der Waals surface area contributed by atoms with Gasteiger partial charge in [0.2, 0.25) is 0 Å². The lowest BCUT2D eigenvalue weighted by Gasteiger charge is -2.14. The lowest BCUT2D eigenvalue weighted by atomic mass is 9.99.